The van der Waals surface area contributed by atoms with Gasteiger partial charge in [0, 0.05) is 110 Å². The maximum absolute atomic E-state index is 17.2. The molecule has 86 heavy (non-hydrogen) atoms. The molecule has 7 N–H and O–H groups in total. The van der Waals surface area contributed by atoms with Crippen molar-refractivity contribution in [2.45, 2.75) is 111 Å². The summed E-state index contributed by atoms with van der Waals surface area (Å²) in [5.41, 5.74) is 1.94. The van der Waals surface area contributed by atoms with E-state index >= 15 is 4.39 Å². The molecule has 3 unspecified atom stereocenters. The van der Waals surface area contributed by atoms with E-state index < -0.39 is 41.4 Å². The number of rotatable bonds is 14. The van der Waals surface area contributed by atoms with Crippen LogP contribution in [0, 0.1) is 40.3 Å². The van der Waals surface area contributed by atoms with Gasteiger partial charge in [-0.3, -0.25) is 35.2 Å². The molecule has 4 aliphatic rings. The summed E-state index contributed by atoms with van der Waals surface area (Å²) in [5.74, 6) is -1.44. The van der Waals surface area contributed by atoms with Crippen LogP contribution in [0.1, 0.15) is 102 Å². The molecule has 4 aromatic carbocycles. The maximum Gasteiger partial charge on any atom is 0.408 e. The van der Waals surface area contributed by atoms with Crippen molar-refractivity contribution in [3.63, 3.8) is 0 Å². The van der Waals surface area contributed by atoms with E-state index in [2.05, 4.69) is 44.8 Å². The molecule has 18 nitrogen and oxygen atoms in total. The number of anilines is 2. The Morgan fingerprint density at radius 1 is 0.907 bits per heavy atom. The van der Waals surface area contributed by atoms with Crippen molar-refractivity contribution in [3.8, 4) is 46.9 Å². The van der Waals surface area contributed by atoms with Gasteiger partial charge >= 0.3 is 12.2 Å². The fraction of sp³-hybridized carbons (Fsp3) is 0.453. The predicted molar refractivity (Wildman–Crippen MR) is 325 cm³/mol. The van der Waals surface area contributed by atoms with Crippen LogP contribution in [0.2, 0.25) is 0 Å². The molecule has 0 spiro atoms. The van der Waals surface area contributed by atoms with Crippen molar-refractivity contribution in [1.82, 2.24) is 40.3 Å². The van der Waals surface area contributed by atoms with Crippen molar-refractivity contribution >= 4 is 56.7 Å². The van der Waals surface area contributed by atoms with Gasteiger partial charge in [-0.05, 0) is 118 Å². The molecule has 10 rings (SSSR count). The number of amidine groups is 2. The Balaban J connectivity index is 0.00000437. The van der Waals surface area contributed by atoms with Gasteiger partial charge < -0.3 is 45.4 Å². The van der Waals surface area contributed by atoms with E-state index in [1.165, 1.54) is 12.1 Å². The standard InChI is InChI=1S/C62H70F4N12O6.C2H6/c1-7-40-9-8-10-42-25-44(79)26-47(51(40)42)53-52(63)54-48(29-69-53)57(77-30-36(4)70-37(5)31-77)73-60(72-54)84-34-61(17-18-61)33-75-19-15-41(16-20-75)59(83)76-23-21-74(22-24-76)32-39-11-13-43(14-12-39)78(56(68)58(82)71-38(6)62(64,65)66)55(67)46-27-45(35(2)3)49(80)28-50(46)81;1-2/h1,8-14,25-29,35-38,41,67-68,70,79-81H,15-24,30-34H2,2-6H3,(H,71,82);1-2H3. The summed E-state index contributed by atoms with van der Waals surface area (Å²) in [4.78, 5) is 50.9. The molecule has 6 aromatic rings. The number of carbonyl (C=O) groups is 2. The first-order valence-corrected chi connectivity index (χ1v) is 29.5. The monoisotopic (exact) mass is 1180 g/mol. The minimum Gasteiger partial charge on any atom is -0.508 e. The molecule has 22 heteroatoms. The number of aromatic nitrogens is 3. The molecule has 3 aliphatic heterocycles. The summed E-state index contributed by atoms with van der Waals surface area (Å²) >= 11 is 0. The Labute approximate surface area is 498 Å². The number of hydrogen-bond acceptors (Lipinski definition) is 15. The molecule has 4 fully saturated rings. The molecule has 2 amide bonds. The van der Waals surface area contributed by atoms with E-state index in [1.54, 1.807) is 73.9 Å². The molecule has 1 saturated carbocycles. The minimum atomic E-state index is -4.79. The SMILES string of the molecule is C#Cc1cccc2cc(O)cc(-c3ncc4c(N5CC(C)NC(C)C5)nc(OCC5(CN6CCC(C(=O)N7CCN(Cc8ccc(N(C(=N)C(=O)NC(C)C(F)(F)F)C(=N)c9cc(C(C)C)c(O)cc9O)cc8)CC7)CC6)CC5)nc4c3F)c12.CC. The van der Waals surface area contributed by atoms with Crippen LogP contribution >= 0.6 is 0 Å². The molecule has 0 bridgehead atoms. The van der Waals surface area contributed by atoms with Crippen LogP contribution in [0.15, 0.2) is 72.9 Å². The van der Waals surface area contributed by atoms with Crippen LogP contribution in [0.25, 0.3) is 32.9 Å². The largest absolute Gasteiger partial charge is 0.508 e. The number of piperidine rings is 1. The van der Waals surface area contributed by atoms with Gasteiger partial charge in [-0.15, -0.1) is 6.42 Å². The number of phenolic OH excluding ortho intramolecular Hbond substituents is 3. The second-order valence-corrected chi connectivity index (χ2v) is 23.4. The average Bonchev–Trinajstić information content (AvgIpc) is 1.61. The number of nitrogens with zero attached hydrogens (tertiary/aromatic N) is 8. The lowest BCUT2D eigenvalue weighted by molar-refractivity contribution is -0.156. The molecule has 456 valence electrons. The number of aromatic hydroxyl groups is 3. The number of nitrogens with one attached hydrogen (secondary N) is 4. The first-order chi connectivity index (χ1) is 41.0. The fourth-order valence-electron chi connectivity index (χ4n) is 11.9. The smallest absolute Gasteiger partial charge is 0.408 e. The van der Waals surface area contributed by atoms with Crippen LogP contribution in [-0.4, -0.2) is 158 Å². The van der Waals surface area contributed by atoms with Crippen molar-refractivity contribution in [1.29, 1.82) is 10.8 Å². The molecular formula is C64H76F4N12O6. The van der Waals surface area contributed by atoms with E-state index in [1.807, 2.05) is 18.7 Å². The lowest BCUT2D eigenvalue weighted by atomic mass is 9.94. The summed E-state index contributed by atoms with van der Waals surface area (Å²) in [5, 5.41) is 56.8. The van der Waals surface area contributed by atoms with Gasteiger partial charge in [-0.1, -0.05) is 57.9 Å². The van der Waals surface area contributed by atoms with Gasteiger partial charge in [-0.25, -0.2) is 4.39 Å². The normalized spacial score (nSPS) is 18.7. The number of halogens is 4. The van der Waals surface area contributed by atoms with E-state index in [4.69, 9.17) is 31.9 Å². The first-order valence-electron chi connectivity index (χ1n) is 29.5. The number of phenols is 3. The second kappa shape index (κ2) is 25.8. The zero-order chi connectivity index (χ0) is 61.9. The lowest BCUT2D eigenvalue weighted by Crippen LogP contribution is -2.54. The molecule has 1 aliphatic carbocycles. The summed E-state index contributed by atoms with van der Waals surface area (Å²) in [6, 6.07) is 15.4. The zero-order valence-corrected chi connectivity index (χ0v) is 49.7. The van der Waals surface area contributed by atoms with E-state index in [0.717, 1.165) is 55.9 Å². The highest BCUT2D eigenvalue weighted by molar-refractivity contribution is 6.48. The second-order valence-electron chi connectivity index (χ2n) is 23.4. The number of alkyl halides is 3. The zero-order valence-electron chi connectivity index (χ0n) is 49.7. The number of benzene rings is 4. The van der Waals surface area contributed by atoms with Gasteiger partial charge in [-0.2, -0.15) is 23.1 Å². The van der Waals surface area contributed by atoms with Crippen molar-refractivity contribution < 1.29 is 47.2 Å². The number of hydrogen-bond donors (Lipinski definition) is 7. The Bertz CT molecular complexity index is 3550. The van der Waals surface area contributed by atoms with Crippen molar-refractivity contribution in [2.24, 2.45) is 11.3 Å². The molecule has 5 heterocycles. The summed E-state index contributed by atoms with van der Waals surface area (Å²) in [6.07, 6.45) is 6.00. The number of likely N-dealkylation sites (tertiary alicyclic amines) is 1. The number of amides is 2. The van der Waals surface area contributed by atoms with Crippen LogP contribution in [0.4, 0.5) is 29.1 Å². The Morgan fingerprint density at radius 2 is 1.58 bits per heavy atom. The van der Waals surface area contributed by atoms with E-state index in [9.17, 15) is 38.1 Å². The van der Waals surface area contributed by atoms with Crippen molar-refractivity contribution in [2.75, 3.05) is 75.3 Å². The maximum atomic E-state index is 17.2. The number of terminal acetylenes is 1. The highest BCUT2D eigenvalue weighted by atomic mass is 19.4. The van der Waals surface area contributed by atoms with Gasteiger partial charge in [0.25, 0.3) is 5.91 Å². The van der Waals surface area contributed by atoms with Gasteiger partial charge in [0.15, 0.2) is 11.7 Å². The summed E-state index contributed by atoms with van der Waals surface area (Å²) in [7, 11) is 0. The Hall–Kier alpha value is -8.13. The minimum absolute atomic E-state index is 0.00449. The number of ether oxygens (including phenoxy) is 1. The summed E-state index contributed by atoms with van der Waals surface area (Å²) in [6.45, 7) is 19.1. The topological polar surface area (TPSA) is 231 Å². The quantitative estimate of drug-likeness (QED) is 0.0233. The molecule has 3 atom stereocenters. The Morgan fingerprint density at radius 3 is 2.21 bits per heavy atom. The lowest BCUT2D eigenvalue weighted by Gasteiger charge is -2.39. The fourth-order valence-corrected chi connectivity index (χ4v) is 11.9. The van der Waals surface area contributed by atoms with E-state index in [0.29, 0.717) is 104 Å². The van der Waals surface area contributed by atoms with Gasteiger partial charge in [0.1, 0.15) is 46.2 Å². The number of fused-ring (bicyclic) bond motifs is 2. The summed E-state index contributed by atoms with van der Waals surface area (Å²) < 4.78 is 64.0. The molecular weight excluding hydrogens is 1110 g/mol. The van der Waals surface area contributed by atoms with Crippen LogP contribution < -0.4 is 25.2 Å². The highest BCUT2D eigenvalue weighted by Crippen LogP contribution is 2.47. The van der Waals surface area contributed by atoms with Gasteiger partial charge in [0.05, 0.1) is 17.6 Å². The number of piperazine rings is 2. The third-order valence-electron chi connectivity index (χ3n) is 16.6. The highest BCUT2D eigenvalue weighted by Gasteiger charge is 2.46. The van der Waals surface area contributed by atoms with Crippen LogP contribution in [0.3, 0.4) is 0 Å². The van der Waals surface area contributed by atoms with E-state index in [-0.39, 0.29) is 75.2 Å². The predicted octanol–water partition coefficient (Wildman–Crippen LogP) is 9.51. The van der Waals surface area contributed by atoms with Crippen LogP contribution in [-0.2, 0) is 16.1 Å². The average molecular weight is 1190 g/mol. The third-order valence-corrected chi connectivity index (χ3v) is 16.6. The van der Waals surface area contributed by atoms with Crippen molar-refractivity contribution in [3.05, 3.63) is 101 Å². The van der Waals surface area contributed by atoms with Gasteiger partial charge in [0.2, 0.25) is 5.91 Å². The molecule has 2 aromatic heterocycles. The third kappa shape index (κ3) is 13.6. The molecule has 0 radical (unpaired) electrons. The number of carbonyl (C=O) groups excluding carboxylic acids is 2. The Kier molecular flexibility index (Phi) is 18.7. The molecule has 3 saturated heterocycles. The van der Waals surface area contributed by atoms with Crippen LogP contribution in [0.5, 0.6) is 23.3 Å². The number of pyridine rings is 1. The first kappa shape index (κ1) is 62.4.